The summed E-state index contributed by atoms with van der Waals surface area (Å²) in [5.74, 6) is 0. The van der Waals surface area contributed by atoms with Gasteiger partial charge in [-0.05, 0) is 31.4 Å². The lowest BCUT2D eigenvalue weighted by atomic mass is 10.1. The fraction of sp³-hybridized carbons (Fsp3) is 0.235. The van der Waals surface area contributed by atoms with Gasteiger partial charge in [0, 0.05) is 37.6 Å². The summed E-state index contributed by atoms with van der Waals surface area (Å²) in [5, 5.41) is 14.9. The Morgan fingerprint density at radius 3 is 2.11 bits per heavy atom. The lowest BCUT2D eigenvalue weighted by molar-refractivity contribution is 0.583. The third-order valence-corrected chi connectivity index (χ3v) is 7.19. The molecule has 0 atom stereocenters. The highest BCUT2D eigenvalue weighted by atomic mass is 32.2. The van der Waals surface area contributed by atoms with E-state index in [4.69, 9.17) is 0 Å². The molecule has 0 amide bonds. The van der Waals surface area contributed by atoms with Crippen LogP contribution in [0.1, 0.15) is 11.4 Å². The van der Waals surface area contributed by atoms with Gasteiger partial charge in [-0.15, -0.1) is 11.3 Å². The number of hydrogen-bond donors (Lipinski definition) is 0. The van der Waals surface area contributed by atoms with Crippen molar-refractivity contribution in [3.63, 3.8) is 0 Å². The molecule has 0 radical (unpaired) electrons. The van der Waals surface area contributed by atoms with E-state index in [2.05, 4.69) is 15.3 Å². The van der Waals surface area contributed by atoms with Crippen molar-refractivity contribution in [2.45, 2.75) is 18.1 Å². The second-order valence-electron chi connectivity index (χ2n) is 6.30. The van der Waals surface area contributed by atoms with E-state index in [0.717, 1.165) is 37.9 Å². The molecule has 0 aromatic carbocycles. The molecule has 0 aliphatic heterocycles. The molecule has 0 aliphatic rings. The molecule has 10 heteroatoms. The minimum absolute atomic E-state index is 0.239. The molecule has 0 saturated carbocycles. The van der Waals surface area contributed by atoms with Crippen molar-refractivity contribution < 1.29 is 8.42 Å². The largest absolute Gasteiger partial charge is 0.293 e. The summed E-state index contributed by atoms with van der Waals surface area (Å²) in [5.41, 5.74) is 4.06. The Labute approximate surface area is 160 Å². The number of aryl methyl sites for hydroxylation is 4. The minimum atomic E-state index is -3.82. The van der Waals surface area contributed by atoms with Crippen molar-refractivity contribution in [1.82, 2.24) is 28.7 Å². The Balaban J connectivity index is 1.99. The highest BCUT2D eigenvalue weighted by Crippen LogP contribution is 2.32. The molecule has 4 rings (SSSR count). The fourth-order valence-corrected chi connectivity index (χ4v) is 5.40. The lowest BCUT2D eigenvalue weighted by Crippen LogP contribution is -2.14. The number of nitrogens with zero attached hydrogens (tertiary/aromatic N) is 6. The summed E-state index contributed by atoms with van der Waals surface area (Å²) in [4.78, 5) is 0. The van der Waals surface area contributed by atoms with Gasteiger partial charge in [0.25, 0.3) is 10.0 Å². The molecule has 0 N–H and O–H groups in total. The van der Waals surface area contributed by atoms with Gasteiger partial charge < -0.3 is 0 Å². The molecule has 27 heavy (non-hydrogen) atoms. The molecular formula is C17H18N6O2S2. The van der Waals surface area contributed by atoms with Crippen molar-refractivity contribution >= 4 is 21.4 Å². The second-order valence-corrected chi connectivity index (χ2v) is 9.24. The van der Waals surface area contributed by atoms with E-state index >= 15 is 0 Å². The highest BCUT2D eigenvalue weighted by Gasteiger charge is 2.27. The van der Waals surface area contributed by atoms with Crippen LogP contribution in [-0.2, 0) is 24.1 Å². The van der Waals surface area contributed by atoms with Gasteiger partial charge in [0.15, 0.2) is 0 Å². The molecule has 0 saturated heterocycles. The van der Waals surface area contributed by atoms with Gasteiger partial charge in [0.2, 0.25) is 0 Å². The molecule has 0 bridgehead atoms. The van der Waals surface area contributed by atoms with Crippen LogP contribution in [0.2, 0.25) is 0 Å². The third-order valence-electron chi connectivity index (χ3n) is 4.23. The molecule has 4 aromatic rings. The predicted octanol–water partition coefficient (Wildman–Crippen LogP) is 2.60. The molecule has 0 aliphatic carbocycles. The van der Waals surface area contributed by atoms with Gasteiger partial charge >= 0.3 is 0 Å². The van der Waals surface area contributed by atoms with E-state index in [1.54, 1.807) is 46.2 Å². The summed E-state index contributed by atoms with van der Waals surface area (Å²) in [6.07, 6.45) is 3.63. The quantitative estimate of drug-likeness (QED) is 0.524. The summed E-state index contributed by atoms with van der Waals surface area (Å²) >= 11 is 1.16. The number of thiophene rings is 1. The van der Waals surface area contributed by atoms with Crippen molar-refractivity contribution in [2.24, 2.45) is 14.1 Å². The summed E-state index contributed by atoms with van der Waals surface area (Å²) in [6.45, 7) is 3.72. The molecule has 0 fully saturated rings. The number of aromatic nitrogens is 6. The zero-order valence-electron chi connectivity index (χ0n) is 15.3. The second kappa shape index (κ2) is 6.17. The maximum absolute atomic E-state index is 13.2. The third kappa shape index (κ3) is 2.90. The van der Waals surface area contributed by atoms with Crippen LogP contribution in [0.4, 0.5) is 0 Å². The van der Waals surface area contributed by atoms with Crippen molar-refractivity contribution in [3.8, 4) is 22.5 Å². The van der Waals surface area contributed by atoms with Gasteiger partial charge in [0.05, 0.1) is 22.8 Å². The highest BCUT2D eigenvalue weighted by molar-refractivity contribution is 7.92. The van der Waals surface area contributed by atoms with Gasteiger partial charge in [-0.1, -0.05) is 6.07 Å². The molecule has 4 heterocycles. The standard InChI is InChI=1S/C17H18N6O2S2/c1-11-13(9-21(3)18-11)15-8-16(14-10-22(4)19-12(14)2)23(20-15)27(24,25)17-6-5-7-26-17/h5-10H,1-4H3. The smallest absolute Gasteiger partial charge is 0.275 e. The maximum Gasteiger partial charge on any atom is 0.293 e. The molecule has 0 unspecified atom stereocenters. The summed E-state index contributed by atoms with van der Waals surface area (Å²) < 4.78 is 31.1. The zero-order valence-corrected chi connectivity index (χ0v) is 16.9. The number of rotatable bonds is 4. The van der Waals surface area contributed by atoms with Gasteiger partial charge in [-0.2, -0.15) is 27.8 Å². The van der Waals surface area contributed by atoms with Gasteiger partial charge in [-0.25, -0.2) is 0 Å². The normalized spacial score (nSPS) is 12.0. The van der Waals surface area contributed by atoms with E-state index in [0.29, 0.717) is 11.4 Å². The van der Waals surface area contributed by atoms with Crippen LogP contribution in [0.15, 0.2) is 40.2 Å². The average Bonchev–Trinajstić information content (AvgIpc) is 3.34. The predicted molar refractivity (Wildman–Crippen MR) is 103 cm³/mol. The molecule has 0 spiro atoms. The topological polar surface area (TPSA) is 87.6 Å². The SMILES string of the molecule is Cc1nn(C)cc1-c1cc(-c2cn(C)nc2C)n(S(=O)(=O)c2cccs2)n1. The Morgan fingerprint density at radius 2 is 1.59 bits per heavy atom. The summed E-state index contributed by atoms with van der Waals surface area (Å²) in [6, 6.07) is 5.07. The average molecular weight is 403 g/mol. The number of hydrogen-bond acceptors (Lipinski definition) is 6. The first kappa shape index (κ1) is 17.7. The van der Waals surface area contributed by atoms with E-state index in [9.17, 15) is 8.42 Å². The summed E-state index contributed by atoms with van der Waals surface area (Å²) in [7, 11) is -0.191. The molecule has 140 valence electrons. The van der Waals surface area contributed by atoms with Crippen molar-refractivity contribution in [3.05, 3.63) is 47.4 Å². The monoisotopic (exact) mass is 402 g/mol. The van der Waals surface area contributed by atoms with Crippen molar-refractivity contribution in [1.29, 1.82) is 0 Å². The van der Waals surface area contributed by atoms with Crippen LogP contribution in [0.25, 0.3) is 22.5 Å². The maximum atomic E-state index is 13.2. The van der Waals surface area contributed by atoms with E-state index < -0.39 is 10.0 Å². The van der Waals surface area contributed by atoms with Crippen LogP contribution in [-0.4, -0.2) is 37.2 Å². The molecule has 4 aromatic heterocycles. The Bertz CT molecular complexity index is 1230. The van der Waals surface area contributed by atoms with Crippen LogP contribution >= 0.6 is 11.3 Å². The van der Waals surface area contributed by atoms with Crippen LogP contribution in [0.5, 0.6) is 0 Å². The van der Waals surface area contributed by atoms with Crippen LogP contribution in [0.3, 0.4) is 0 Å². The van der Waals surface area contributed by atoms with Crippen LogP contribution in [0, 0.1) is 13.8 Å². The minimum Gasteiger partial charge on any atom is -0.275 e. The van der Waals surface area contributed by atoms with Crippen molar-refractivity contribution in [2.75, 3.05) is 0 Å². The molecule has 8 nitrogen and oxygen atoms in total. The Kier molecular flexibility index (Phi) is 4.04. The fourth-order valence-electron chi connectivity index (χ4n) is 3.06. The molecular weight excluding hydrogens is 384 g/mol. The first-order chi connectivity index (χ1) is 12.8. The van der Waals surface area contributed by atoms with E-state index in [1.165, 1.54) is 0 Å². The first-order valence-electron chi connectivity index (χ1n) is 8.18. The van der Waals surface area contributed by atoms with Gasteiger partial charge in [-0.3, -0.25) is 9.36 Å². The van der Waals surface area contributed by atoms with Crippen LogP contribution < -0.4 is 0 Å². The first-order valence-corrected chi connectivity index (χ1v) is 10.5. The zero-order chi connectivity index (χ0) is 19.3. The van der Waals surface area contributed by atoms with Gasteiger partial charge in [0.1, 0.15) is 4.21 Å². The van der Waals surface area contributed by atoms with E-state index in [1.807, 2.05) is 27.1 Å². The van der Waals surface area contributed by atoms with E-state index in [-0.39, 0.29) is 4.21 Å². The Morgan fingerprint density at radius 1 is 0.963 bits per heavy atom. The Hall–Kier alpha value is -2.72. The lowest BCUT2D eigenvalue weighted by Gasteiger charge is -2.06.